The van der Waals surface area contributed by atoms with Crippen LogP contribution in [-0.2, 0) is 25.7 Å². The normalized spacial score (nSPS) is 20.0. The maximum absolute atomic E-state index is 13.8. The summed E-state index contributed by atoms with van der Waals surface area (Å²) in [6, 6.07) is 6.20. The molecule has 4 amide bonds. The number of ether oxygens (including phenoxy) is 1. The molecule has 1 aliphatic heterocycles. The van der Waals surface area contributed by atoms with Crippen molar-refractivity contribution >= 4 is 29.8 Å². The minimum absolute atomic E-state index is 0.0264. The Bertz CT molecular complexity index is 1340. The van der Waals surface area contributed by atoms with Crippen LogP contribution in [0.4, 0.5) is 4.79 Å². The lowest BCUT2D eigenvalue weighted by Gasteiger charge is -2.35. The fourth-order valence-corrected chi connectivity index (χ4v) is 5.83. The van der Waals surface area contributed by atoms with E-state index in [1.54, 1.807) is 32.9 Å². The molecule has 1 aromatic heterocycles. The Labute approximate surface area is 262 Å². The smallest absolute Gasteiger partial charge is 0.410 e. The Morgan fingerprint density at radius 2 is 1.69 bits per heavy atom. The Morgan fingerprint density at radius 1 is 0.978 bits per heavy atom. The molecule has 1 aliphatic carbocycles. The van der Waals surface area contributed by atoms with Crippen LogP contribution in [0, 0.1) is 17.3 Å². The summed E-state index contributed by atoms with van der Waals surface area (Å²) in [4.78, 5) is 74.6. The van der Waals surface area contributed by atoms with Crippen molar-refractivity contribution in [2.75, 3.05) is 13.1 Å². The van der Waals surface area contributed by atoms with Gasteiger partial charge in [-0.1, -0.05) is 70.4 Å². The van der Waals surface area contributed by atoms with Crippen molar-refractivity contribution in [3.05, 3.63) is 60.2 Å². The zero-order valence-electron chi connectivity index (χ0n) is 25.9. The molecule has 13 heteroatoms. The summed E-state index contributed by atoms with van der Waals surface area (Å²) in [5, 5.41) is 18.3. The molecule has 2 fully saturated rings. The highest BCUT2D eigenvalue weighted by atomic mass is 16.6. The Kier molecular flexibility index (Phi) is 11.1. The minimum atomic E-state index is -1.17. The molecule has 242 valence electrons. The van der Waals surface area contributed by atoms with Crippen LogP contribution in [0.1, 0.15) is 68.9 Å². The molecule has 2 heterocycles. The van der Waals surface area contributed by atoms with Crippen LogP contribution in [-0.4, -0.2) is 81.0 Å². The zero-order valence-corrected chi connectivity index (χ0v) is 25.9. The van der Waals surface area contributed by atoms with Gasteiger partial charge in [0.05, 0.1) is 18.2 Å². The van der Waals surface area contributed by atoms with E-state index in [-0.39, 0.29) is 31.3 Å². The van der Waals surface area contributed by atoms with E-state index in [0.717, 1.165) is 37.7 Å². The van der Waals surface area contributed by atoms with Crippen molar-refractivity contribution in [2.24, 2.45) is 17.3 Å². The molecule has 4 atom stereocenters. The second-order valence-electron chi connectivity index (χ2n) is 12.8. The number of benzene rings is 1. The van der Waals surface area contributed by atoms with E-state index in [2.05, 4.69) is 25.9 Å². The lowest BCUT2D eigenvalue weighted by atomic mass is 9.82. The number of nitrogens with one attached hydrogen (secondary N) is 3. The summed E-state index contributed by atoms with van der Waals surface area (Å²) in [5.41, 5.74) is 0.0779. The summed E-state index contributed by atoms with van der Waals surface area (Å²) in [7, 11) is 0. The van der Waals surface area contributed by atoms with E-state index in [4.69, 9.17) is 4.74 Å². The molecule has 2 aromatic rings. The third-order valence-corrected chi connectivity index (χ3v) is 8.33. The standard InChI is InChI=1S/C32H42N6O7/c1-32(2,3)26(37-28(40)25(21-12-8-5-9-13-21)36-27(39)23-16-33-14-15-34-23)29(41)35-24-18-38(17-22(24)30(42)43)31(44)45-19-20-10-6-4-7-11-20/h4,6-7,10-11,14-16,21-22,24-26H,5,8-9,12-13,17-19H2,1-3H3,(H,35,41)(H,36,39)(H,37,40)(H,42,43). The van der Waals surface area contributed by atoms with Gasteiger partial charge in [-0.05, 0) is 29.7 Å². The van der Waals surface area contributed by atoms with Gasteiger partial charge in [-0.3, -0.25) is 24.2 Å². The quantitative estimate of drug-likeness (QED) is 0.310. The SMILES string of the molecule is CC(C)(C)C(NC(=O)C(NC(=O)c1cnccn1)C1CCCCC1)C(=O)NC1CN(C(=O)OCc2ccccc2)CC1C(=O)O. The lowest BCUT2D eigenvalue weighted by Crippen LogP contribution is -2.61. The maximum atomic E-state index is 13.8. The van der Waals surface area contributed by atoms with Gasteiger partial charge >= 0.3 is 12.1 Å². The molecular formula is C32H42N6O7. The highest BCUT2D eigenvalue weighted by Crippen LogP contribution is 2.28. The number of rotatable bonds is 10. The van der Waals surface area contributed by atoms with Crippen molar-refractivity contribution in [2.45, 2.75) is 77.6 Å². The largest absolute Gasteiger partial charge is 0.481 e. The lowest BCUT2D eigenvalue weighted by molar-refractivity contribution is -0.142. The number of aromatic nitrogens is 2. The van der Waals surface area contributed by atoms with Gasteiger partial charge in [-0.2, -0.15) is 0 Å². The van der Waals surface area contributed by atoms with E-state index in [9.17, 15) is 29.1 Å². The van der Waals surface area contributed by atoms with Crippen molar-refractivity contribution in [3.63, 3.8) is 0 Å². The van der Waals surface area contributed by atoms with E-state index in [0.29, 0.717) is 0 Å². The number of likely N-dealkylation sites (tertiary alicyclic amines) is 1. The first-order valence-corrected chi connectivity index (χ1v) is 15.3. The number of carboxylic acids is 1. The summed E-state index contributed by atoms with van der Waals surface area (Å²) in [5.74, 6) is -4.02. The molecule has 0 radical (unpaired) electrons. The highest BCUT2D eigenvalue weighted by molar-refractivity contribution is 5.97. The highest BCUT2D eigenvalue weighted by Gasteiger charge is 2.44. The fraction of sp³-hybridized carbons (Fsp3) is 0.531. The predicted octanol–water partition coefficient (Wildman–Crippen LogP) is 2.52. The molecule has 2 aliphatic rings. The van der Waals surface area contributed by atoms with E-state index in [1.807, 2.05) is 18.2 Å². The second-order valence-corrected chi connectivity index (χ2v) is 12.8. The van der Waals surface area contributed by atoms with Gasteiger partial charge in [0.1, 0.15) is 24.4 Å². The summed E-state index contributed by atoms with van der Waals surface area (Å²) in [6.07, 6.45) is 7.83. The Balaban J connectivity index is 1.45. The number of nitrogens with zero attached hydrogens (tertiary/aromatic N) is 3. The van der Waals surface area contributed by atoms with Gasteiger partial charge in [0, 0.05) is 25.5 Å². The van der Waals surface area contributed by atoms with Crippen LogP contribution in [0.25, 0.3) is 0 Å². The van der Waals surface area contributed by atoms with Crippen LogP contribution in [0.15, 0.2) is 48.9 Å². The molecule has 0 bridgehead atoms. The molecule has 45 heavy (non-hydrogen) atoms. The summed E-state index contributed by atoms with van der Waals surface area (Å²) < 4.78 is 5.38. The summed E-state index contributed by atoms with van der Waals surface area (Å²) in [6.45, 7) is 5.16. The molecule has 1 saturated heterocycles. The van der Waals surface area contributed by atoms with Gasteiger partial charge in [-0.15, -0.1) is 0 Å². The number of carboxylic acid groups (broad SMARTS) is 1. The fourth-order valence-electron chi connectivity index (χ4n) is 5.83. The van der Waals surface area contributed by atoms with Crippen LogP contribution in [0.2, 0.25) is 0 Å². The van der Waals surface area contributed by atoms with Gasteiger partial charge in [0.15, 0.2) is 0 Å². The maximum Gasteiger partial charge on any atom is 0.410 e. The molecule has 0 spiro atoms. The third-order valence-electron chi connectivity index (χ3n) is 8.33. The molecule has 4 N–H and O–H groups in total. The summed E-state index contributed by atoms with van der Waals surface area (Å²) >= 11 is 0. The molecule has 4 unspecified atom stereocenters. The number of aliphatic carboxylic acids is 1. The van der Waals surface area contributed by atoms with E-state index >= 15 is 0 Å². The van der Waals surface area contributed by atoms with Gasteiger partial charge in [-0.25, -0.2) is 9.78 Å². The zero-order chi connectivity index (χ0) is 32.6. The van der Waals surface area contributed by atoms with E-state index in [1.165, 1.54) is 23.5 Å². The number of hydrogen-bond acceptors (Lipinski definition) is 8. The number of carbonyl (C=O) groups excluding carboxylic acids is 4. The predicted molar refractivity (Wildman–Crippen MR) is 163 cm³/mol. The van der Waals surface area contributed by atoms with Gasteiger partial charge < -0.3 is 30.7 Å². The second kappa shape index (κ2) is 15.0. The Morgan fingerprint density at radius 3 is 2.31 bits per heavy atom. The first-order valence-electron chi connectivity index (χ1n) is 15.3. The first kappa shape index (κ1) is 33.3. The molecule has 1 saturated carbocycles. The van der Waals surface area contributed by atoms with Crippen LogP contribution in [0.5, 0.6) is 0 Å². The number of hydrogen-bond donors (Lipinski definition) is 4. The van der Waals surface area contributed by atoms with Crippen molar-refractivity contribution in [3.8, 4) is 0 Å². The van der Waals surface area contributed by atoms with Crippen LogP contribution >= 0.6 is 0 Å². The van der Waals surface area contributed by atoms with Gasteiger partial charge in [0.2, 0.25) is 11.8 Å². The first-order chi connectivity index (χ1) is 21.4. The van der Waals surface area contributed by atoms with Crippen molar-refractivity contribution in [1.82, 2.24) is 30.8 Å². The van der Waals surface area contributed by atoms with E-state index < -0.39 is 59.2 Å². The number of carbonyl (C=O) groups is 5. The molecular weight excluding hydrogens is 580 g/mol. The van der Waals surface area contributed by atoms with Crippen LogP contribution < -0.4 is 16.0 Å². The third kappa shape index (κ3) is 8.99. The minimum Gasteiger partial charge on any atom is -0.481 e. The van der Waals surface area contributed by atoms with Crippen molar-refractivity contribution < 1.29 is 33.8 Å². The topological polar surface area (TPSA) is 180 Å². The van der Waals surface area contributed by atoms with Gasteiger partial charge in [0.25, 0.3) is 5.91 Å². The van der Waals surface area contributed by atoms with Crippen molar-refractivity contribution in [1.29, 1.82) is 0 Å². The number of amides is 4. The Hall–Kier alpha value is -4.55. The molecule has 4 rings (SSSR count). The monoisotopic (exact) mass is 622 g/mol. The molecule has 1 aromatic carbocycles. The van der Waals surface area contributed by atoms with Crippen LogP contribution in [0.3, 0.4) is 0 Å². The average Bonchev–Trinajstić information content (AvgIpc) is 3.46. The average molecular weight is 623 g/mol. The molecule has 13 nitrogen and oxygen atoms in total.